The molecule has 0 atom stereocenters. The molecule has 0 fully saturated rings. The lowest BCUT2D eigenvalue weighted by atomic mass is 9.97. The number of para-hydroxylation sites is 1. The number of carbonyl (C=O) groups is 1. The van der Waals surface area contributed by atoms with Crippen molar-refractivity contribution in [2.75, 3.05) is 12.4 Å². The van der Waals surface area contributed by atoms with Gasteiger partial charge in [-0.15, -0.1) is 11.3 Å². The summed E-state index contributed by atoms with van der Waals surface area (Å²) in [6.07, 6.45) is 5.58. The van der Waals surface area contributed by atoms with Crippen molar-refractivity contribution in [2.45, 2.75) is 37.8 Å². The SMILES string of the molecule is CCOc1cc(C=NNC(=O)CSc2nc3sc4c(c3c(=O)n2-c2ccccc2)CCCC4)ccc1O. The lowest BCUT2D eigenvalue weighted by molar-refractivity contribution is -0.118. The molecule has 0 bridgehead atoms. The Morgan fingerprint density at radius 1 is 1.24 bits per heavy atom. The summed E-state index contributed by atoms with van der Waals surface area (Å²) in [7, 11) is 0. The Labute approximate surface area is 222 Å². The van der Waals surface area contributed by atoms with Crippen molar-refractivity contribution in [1.29, 1.82) is 0 Å². The maximum absolute atomic E-state index is 13.7. The van der Waals surface area contributed by atoms with E-state index in [1.165, 1.54) is 28.9 Å². The van der Waals surface area contributed by atoms with E-state index in [2.05, 4.69) is 10.5 Å². The number of hydrogen-bond donors (Lipinski definition) is 2. The van der Waals surface area contributed by atoms with Crippen molar-refractivity contribution in [3.63, 3.8) is 0 Å². The first-order valence-electron chi connectivity index (χ1n) is 12.1. The number of rotatable bonds is 8. The average molecular weight is 535 g/mol. The topological polar surface area (TPSA) is 106 Å². The van der Waals surface area contributed by atoms with Crippen LogP contribution in [0.3, 0.4) is 0 Å². The standard InChI is InChI=1S/C27H26N4O4S2/c1-2-35-21-14-17(12-13-20(21)32)15-28-30-23(33)16-36-27-29-25-24(19-10-6-7-11-22(19)37-25)26(34)31(27)18-8-4-3-5-9-18/h3-5,8-9,12-15,32H,2,6-7,10-11,16H2,1H3,(H,30,33). The fraction of sp³-hybridized carbons (Fsp3) is 0.259. The third kappa shape index (κ3) is 5.40. The minimum atomic E-state index is -0.329. The third-order valence-corrected chi connectivity index (χ3v) is 8.12. The Bertz CT molecular complexity index is 1530. The molecule has 2 aromatic carbocycles. The summed E-state index contributed by atoms with van der Waals surface area (Å²) < 4.78 is 6.98. The Balaban J connectivity index is 1.36. The highest BCUT2D eigenvalue weighted by atomic mass is 32.2. The zero-order valence-corrected chi connectivity index (χ0v) is 21.9. The molecule has 0 aliphatic heterocycles. The molecule has 8 nitrogen and oxygen atoms in total. The van der Waals surface area contributed by atoms with Gasteiger partial charge in [-0.25, -0.2) is 10.4 Å². The van der Waals surface area contributed by atoms with Gasteiger partial charge in [0.15, 0.2) is 16.7 Å². The molecule has 0 unspecified atom stereocenters. The normalized spacial score (nSPS) is 13.1. The molecule has 37 heavy (non-hydrogen) atoms. The number of hydrazone groups is 1. The van der Waals surface area contributed by atoms with E-state index in [0.717, 1.165) is 41.8 Å². The highest BCUT2D eigenvalue weighted by molar-refractivity contribution is 7.99. The summed E-state index contributed by atoms with van der Waals surface area (Å²) in [4.78, 5) is 33.1. The van der Waals surface area contributed by atoms with Crippen molar-refractivity contribution in [1.82, 2.24) is 15.0 Å². The van der Waals surface area contributed by atoms with Crippen molar-refractivity contribution in [3.8, 4) is 17.2 Å². The number of aromatic hydroxyl groups is 1. The Hall–Kier alpha value is -3.63. The van der Waals surface area contributed by atoms with Crippen LogP contribution in [0.25, 0.3) is 15.9 Å². The number of phenols is 1. The second-order valence-corrected chi connectivity index (χ2v) is 10.5. The van der Waals surface area contributed by atoms with E-state index in [1.54, 1.807) is 28.0 Å². The van der Waals surface area contributed by atoms with Gasteiger partial charge in [0.25, 0.3) is 11.5 Å². The quantitative estimate of drug-likeness (QED) is 0.147. The second-order valence-electron chi connectivity index (χ2n) is 8.50. The predicted octanol–water partition coefficient (Wildman–Crippen LogP) is 4.67. The molecule has 0 spiro atoms. The van der Waals surface area contributed by atoms with Gasteiger partial charge in [-0.2, -0.15) is 5.10 Å². The fourth-order valence-electron chi connectivity index (χ4n) is 4.31. The van der Waals surface area contributed by atoms with Gasteiger partial charge in [0.1, 0.15) is 4.83 Å². The molecule has 0 saturated carbocycles. The molecule has 0 radical (unpaired) electrons. The minimum absolute atomic E-state index is 0.0347. The molecule has 4 aromatic rings. The minimum Gasteiger partial charge on any atom is -0.504 e. The van der Waals surface area contributed by atoms with Crippen LogP contribution in [0.4, 0.5) is 0 Å². The average Bonchev–Trinajstić information content (AvgIpc) is 3.29. The van der Waals surface area contributed by atoms with Crippen LogP contribution in [0.1, 0.15) is 35.8 Å². The van der Waals surface area contributed by atoms with Gasteiger partial charge in [-0.3, -0.25) is 14.2 Å². The molecule has 1 aliphatic carbocycles. The zero-order valence-electron chi connectivity index (χ0n) is 20.3. The second kappa shape index (κ2) is 11.2. The molecule has 1 aliphatic rings. The molecule has 0 saturated heterocycles. The Morgan fingerprint density at radius 3 is 2.86 bits per heavy atom. The van der Waals surface area contributed by atoms with Crippen molar-refractivity contribution < 1.29 is 14.6 Å². The number of nitrogens with zero attached hydrogens (tertiary/aromatic N) is 3. The van der Waals surface area contributed by atoms with Crippen molar-refractivity contribution >= 4 is 45.4 Å². The number of phenolic OH excluding ortho intramolecular Hbond substituents is 1. The monoisotopic (exact) mass is 534 g/mol. The van der Waals surface area contributed by atoms with Gasteiger partial charge in [-0.1, -0.05) is 30.0 Å². The number of thiophene rings is 1. The fourth-order valence-corrected chi connectivity index (χ4v) is 6.42. The van der Waals surface area contributed by atoms with Gasteiger partial charge in [0, 0.05) is 4.88 Å². The Morgan fingerprint density at radius 2 is 2.05 bits per heavy atom. The van der Waals surface area contributed by atoms with E-state index in [4.69, 9.17) is 9.72 Å². The van der Waals surface area contributed by atoms with E-state index in [9.17, 15) is 14.7 Å². The molecule has 10 heteroatoms. The molecule has 5 rings (SSSR count). The smallest absolute Gasteiger partial charge is 0.267 e. The number of fused-ring (bicyclic) bond motifs is 3. The number of aryl methyl sites for hydroxylation is 2. The van der Waals surface area contributed by atoms with Gasteiger partial charge < -0.3 is 9.84 Å². The molecule has 2 aromatic heterocycles. The summed E-state index contributed by atoms with van der Waals surface area (Å²) in [6, 6.07) is 14.2. The summed E-state index contributed by atoms with van der Waals surface area (Å²) >= 11 is 2.80. The summed E-state index contributed by atoms with van der Waals surface area (Å²) in [5, 5.41) is 15.0. The van der Waals surface area contributed by atoms with E-state index >= 15 is 0 Å². The van der Waals surface area contributed by atoms with Crippen LogP contribution in [0, 0.1) is 0 Å². The van der Waals surface area contributed by atoms with E-state index in [1.807, 2.05) is 37.3 Å². The summed E-state index contributed by atoms with van der Waals surface area (Å²) in [5.41, 5.74) is 4.95. The maximum atomic E-state index is 13.7. The maximum Gasteiger partial charge on any atom is 0.267 e. The number of ether oxygens (including phenoxy) is 1. The van der Waals surface area contributed by atoms with Crippen LogP contribution in [-0.4, -0.2) is 39.1 Å². The highest BCUT2D eigenvalue weighted by Crippen LogP contribution is 2.35. The first-order chi connectivity index (χ1) is 18.0. The number of carbonyl (C=O) groups excluding carboxylic acids is 1. The third-order valence-electron chi connectivity index (χ3n) is 5.99. The van der Waals surface area contributed by atoms with Gasteiger partial charge in [0.2, 0.25) is 0 Å². The van der Waals surface area contributed by atoms with Crippen molar-refractivity contribution in [2.24, 2.45) is 5.10 Å². The molecule has 2 heterocycles. The van der Waals surface area contributed by atoms with Crippen LogP contribution in [0.5, 0.6) is 11.5 Å². The van der Waals surface area contributed by atoms with E-state index < -0.39 is 0 Å². The number of amides is 1. The number of nitrogens with one attached hydrogen (secondary N) is 1. The molecular formula is C27H26N4O4S2. The van der Waals surface area contributed by atoms with Gasteiger partial charge in [-0.05, 0) is 74.1 Å². The number of thioether (sulfide) groups is 1. The molecular weight excluding hydrogens is 508 g/mol. The first kappa shape index (κ1) is 25.0. The van der Waals surface area contributed by atoms with Crippen LogP contribution in [0.2, 0.25) is 0 Å². The van der Waals surface area contributed by atoms with Crippen molar-refractivity contribution in [3.05, 3.63) is 74.9 Å². The lowest BCUT2D eigenvalue weighted by Crippen LogP contribution is -2.24. The first-order valence-corrected chi connectivity index (χ1v) is 13.9. The van der Waals surface area contributed by atoms with Crippen LogP contribution >= 0.6 is 23.1 Å². The van der Waals surface area contributed by atoms with E-state index in [-0.39, 0.29) is 23.0 Å². The van der Waals surface area contributed by atoms with Crippen LogP contribution in [0.15, 0.2) is 63.6 Å². The van der Waals surface area contributed by atoms with Gasteiger partial charge >= 0.3 is 0 Å². The largest absolute Gasteiger partial charge is 0.504 e. The number of aromatic nitrogens is 2. The summed E-state index contributed by atoms with van der Waals surface area (Å²) in [5.74, 6) is 0.0980. The zero-order chi connectivity index (χ0) is 25.8. The Kier molecular flexibility index (Phi) is 7.57. The number of hydrogen-bond acceptors (Lipinski definition) is 8. The van der Waals surface area contributed by atoms with Gasteiger partial charge in [0.05, 0.1) is 29.6 Å². The molecule has 1 amide bonds. The van der Waals surface area contributed by atoms with E-state index in [0.29, 0.717) is 28.5 Å². The predicted molar refractivity (Wildman–Crippen MR) is 148 cm³/mol. The highest BCUT2D eigenvalue weighted by Gasteiger charge is 2.23. The molecule has 190 valence electrons. The number of benzene rings is 2. The molecule has 2 N–H and O–H groups in total. The van der Waals surface area contributed by atoms with Crippen LogP contribution in [-0.2, 0) is 17.6 Å². The van der Waals surface area contributed by atoms with Crippen LogP contribution < -0.4 is 15.7 Å². The lowest BCUT2D eigenvalue weighted by Gasteiger charge is -2.13. The summed E-state index contributed by atoms with van der Waals surface area (Å²) in [6.45, 7) is 2.25.